The molecule has 1 N–H and O–H groups in total. The van der Waals surface area contributed by atoms with Crippen molar-refractivity contribution >= 4 is 22.3 Å². The Balaban J connectivity index is 1.28. The predicted octanol–water partition coefficient (Wildman–Crippen LogP) is 2.87. The molecule has 2 fully saturated rings. The summed E-state index contributed by atoms with van der Waals surface area (Å²) >= 11 is 1.82. The van der Waals surface area contributed by atoms with Crippen LogP contribution in [-0.2, 0) is 17.8 Å². The van der Waals surface area contributed by atoms with Gasteiger partial charge in [0.05, 0.1) is 17.7 Å². The normalized spacial score (nSPS) is 21.1. The third-order valence-corrected chi connectivity index (χ3v) is 6.71. The van der Waals surface area contributed by atoms with Crippen LogP contribution in [-0.4, -0.2) is 74.8 Å². The first-order valence-corrected chi connectivity index (χ1v) is 11.7. The zero-order chi connectivity index (χ0) is 20.8. The van der Waals surface area contributed by atoms with E-state index in [9.17, 15) is 0 Å². The van der Waals surface area contributed by atoms with Gasteiger partial charge in [0.25, 0.3) is 0 Å². The number of guanidine groups is 1. The van der Waals surface area contributed by atoms with E-state index >= 15 is 0 Å². The summed E-state index contributed by atoms with van der Waals surface area (Å²) in [5, 5.41) is 7.08. The highest BCUT2D eigenvalue weighted by atomic mass is 32.1. The summed E-state index contributed by atoms with van der Waals surface area (Å²) in [6, 6.07) is 13.2. The number of anilines is 1. The Hall–Kier alpha value is -2.09. The Morgan fingerprint density at radius 2 is 1.97 bits per heavy atom. The first kappa shape index (κ1) is 21.2. The number of piperazine rings is 1. The minimum atomic E-state index is 0.326. The molecule has 1 atom stereocenters. The molecule has 3 heterocycles. The van der Waals surface area contributed by atoms with Crippen LogP contribution in [0.5, 0.6) is 0 Å². The molecule has 2 aliphatic heterocycles. The lowest BCUT2D eigenvalue weighted by Crippen LogP contribution is -2.52. The number of morpholine rings is 1. The summed E-state index contributed by atoms with van der Waals surface area (Å²) in [6.07, 6.45) is 0.326. The maximum Gasteiger partial charge on any atom is 0.194 e. The molecule has 0 aliphatic carbocycles. The van der Waals surface area contributed by atoms with Gasteiger partial charge in [-0.1, -0.05) is 24.3 Å². The predicted molar refractivity (Wildman–Crippen MR) is 125 cm³/mol. The maximum atomic E-state index is 5.66. The van der Waals surface area contributed by atoms with Crippen molar-refractivity contribution in [2.75, 3.05) is 57.8 Å². The summed E-state index contributed by atoms with van der Waals surface area (Å²) in [6.45, 7) is 10.8. The van der Waals surface area contributed by atoms with Gasteiger partial charge in [0.15, 0.2) is 5.96 Å². The Labute approximate surface area is 184 Å². The van der Waals surface area contributed by atoms with Gasteiger partial charge < -0.3 is 19.9 Å². The van der Waals surface area contributed by atoms with Crippen molar-refractivity contribution in [2.45, 2.75) is 26.1 Å². The van der Waals surface area contributed by atoms with E-state index < -0.39 is 0 Å². The van der Waals surface area contributed by atoms with Crippen LogP contribution in [0.25, 0.3) is 0 Å². The van der Waals surface area contributed by atoms with Crippen LogP contribution in [0.15, 0.2) is 46.8 Å². The number of benzene rings is 1. The van der Waals surface area contributed by atoms with E-state index in [1.807, 2.05) is 18.4 Å². The van der Waals surface area contributed by atoms with E-state index in [4.69, 9.17) is 4.74 Å². The summed E-state index contributed by atoms with van der Waals surface area (Å²) < 4.78 is 5.66. The van der Waals surface area contributed by atoms with E-state index in [0.717, 1.165) is 64.9 Å². The van der Waals surface area contributed by atoms with Crippen molar-refractivity contribution in [1.82, 2.24) is 15.1 Å². The van der Waals surface area contributed by atoms with Crippen LogP contribution < -0.4 is 10.2 Å². The fourth-order valence-corrected chi connectivity index (χ4v) is 5.02. The van der Waals surface area contributed by atoms with Crippen LogP contribution in [0.1, 0.15) is 18.1 Å². The maximum absolute atomic E-state index is 5.66. The Bertz CT molecular complexity index is 817. The van der Waals surface area contributed by atoms with Crippen molar-refractivity contribution in [2.24, 2.45) is 4.99 Å². The molecule has 4 rings (SSSR count). The highest BCUT2D eigenvalue weighted by Crippen LogP contribution is 2.22. The Morgan fingerprint density at radius 3 is 2.70 bits per heavy atom. The third kappa shape index (κ3) is 5.53. The monoisotopic (exact) mass is 427 g/mol. The lowest BCUT2D eigenvalue weighted by atomic mass is 10.1. The first-order chi connectivity index (χ1) is 14.7. The summed E-state index contributed by atoms with van der Waals surface area (Å²) in [5.41, 5.74) is 2.66. The fourth-order valence-electron chi connectivity index (χ4n) is 4.23. The molecule has 7 heteroatoms. The van der Waals surface area contributed by atoms with Crippen molar-refractivity contribution in [3.8, 4) is 0 Å². The number of thiophene rings is 1. The van der Waals surface area contributed by atoms with Crippen LogP contribution in [0.4, 0.5) is 5.00 Å². The van der Waals surface area contributed by atoms with Crippen molar-refractivity contribution in [3.05, 3.63) is 52.9 Å². The Kier molecular flexibility index (Phi) is 7.25. The molecule has 0 saturated carbocycles. The van der Waals surface area contributed by atoms with Gasteiger partial charge in [-0.05, 0) is 35.6 Å². The zero-order valence-corrected chi connectivity index (χ0v) is 18.9. The molecule has 6 nitrogen and oxygen atoms in total. The van der Waals surface area contributed by atoms with Crippen LogP contribution in [0, 0.1) is 0 Å². The largest absolute Gasteiger partial charge is 0.376 e. The van der Waals surface area contributed by atoms with Gasteiger partial charge in [-0.25, -0.2) is 0 Å². The molecule has 2 aliphatic rings. The second-order valence-electron chi connectivity index (χ2n) is 8.06. The minimum absolute atomic E-state index is 0.326. The molecule has 0 amide bonds. The molecule has 2 aromatic rings. The number of rotatable bonds is 5. The molecule has 1 unspecified atom stereocenters. The quantitative estimate of drug-likeness (QED) is 0.587. The van der Waals surface area contributed by atoms with Crippen molar-refractivity contribution in [1.29, 1.82) is 0 Å². The number of nitrogens with one attached hydrogen (secondary N) is 1. The average Bonchev–Trinajstić information content (AvgIpc) is 3.30. The highest BCUT2D eigenvalue weighted by molar-refractivity contribution is 7.14. The first-order valence-electron chi connectivity index (χ1n) is 10.9. The van der Waals surface area contributed by atoms with E-state index in [2.05, 4.69) is 73.7 Å². The number of hydrogen-bond donors (Lipinski definition) is 1. The molecule has 2 saturated heterocycles. The second kappa shape index (κ2) is 10.3. The minimum Gasteiger partial charge on any atom is -0.376 e. The van der Waals surface area contributed by atoms with E-state index in [-0.39, 0.29) is 0 Å². The molecule has 0 bridgehead atoms. The van der Waals surface area contributed by atoms with Gasteiger partial charge in [-0.15, -0.1) is 11.3 Å². The zero-order valence-electron chi connectivity index (χ0n) is 18.1. The number of hydrogen-bond acceptors (Lipinski definition) is 5. The average molecular weight is 428 g/mol. The molecular formula is C23H33N5OS. The van der Waals surface area contributed by atoms with Crippen molar-refractivity contribution < 1.29 is 4.74 Å². The van der Waals surface area contributed by atoms with Gasteiger partial charge in [0.1, 0.15) is 0 Å². The van der Waals surface area contributed by atoms with E-state index in [1.54, 1.807) is 0 Å². The molecule has 0 spiro atoms. The highest BCUT2D eigenvalue weighted by Gasteiger charge is 2.20. The molecule has 1 aromatic heterocycles. The van der Waals surface area contributed by atoms with Gasteiger partial charge in [0, 0.05) is 59.4 Å². The number of nitrogens with zero attached hydrogens (tertiary/aromatic N) is 4. The summed E-state index contributed by atoms with van der Waals surface area (Å²) in [5.74, 6) is 0.994. The summed E-state index contributed by atoms with van der Waals surface area (Å²) in [4.78, 5) is 11.8. The standard InChI is InChI=1S/C23H33N5OS/c1-19-17-26(12-13-29-19)18-21-6-3-5-20(15-21)16-25-23(24-2)28-10-8-27(9-11-28)22-7-4-14-30-22/h3-7,14-15,19H,8-13,16-18H2,1-2H3,(H,24,25). The van der Waals surface area contributed by atoms with Crippen LogP contribution in [0.3, 0.4) is 0 Å². The number of ether oxygens (including phenoxy) is 1. The molecule has 0 radical (unpaired) electrons. The fraction of sp³-hybridized carbons (Fsp3) is 0.522. The molecule has 1 aromatic carbocycles. The molecule has 162 valence electrons. The van der Waals surface area contributed by atoms with Gasteiger partial charge >= 0.3 is 0 Å². The van der Waals surface area contributed by atoms with Crippen LogP contribution >= 0.6 is 11.3 Å². The molecule has 30 heavy (non-hydrogen) atoms. The SMILES string of the molecule is CN=C(NCc1cccc(CN2CCOC(C)C2)c1)N1CCN(c2cccs2)CC1. The van der Waals surface area contributed by atoms with E-state index in [0.29, 0.717) is 6.10 Å². The third-order valence-electron chi connectivity index (χ3n) is 5.78. The lowest BCUT2D eigenvalue weighted by molar-refractivity contribution is -0.0212. The van der Waals surface area contributed by atoms with Gasteiger partial charge in [-0.2, -0.15) is 0 Å². The van der Waals surface area contributed by atoms with Crippen molar-refractivity contribution in [3.63, 3.8) is 0 Å². The second-order valence-corrected chi connectivity index (χ2v) is 8.99. The Morgan fingerprint density at radius 1 is 1.13 bits per heavy atom. The van der Waals surface area contributed by atoms with Gasteiger partial charge in [-0.3, -0.25) is 9.89 Å². The van der Waals surface area contributed by atoms with Gasteiger partial charge in [0.2, 0.25) is 0 Å². The smallest absolute Gasteiger partial charge is 0.194 e. The lowest BCUT2D eigenvalue weighted by Gasteiger charge is -2.37. The number of aliphatic imine (C=N–C) groups is 1. The topological polar surface area (TPSA) is 43.3 Å². The van der Waals surface area contributed by atoms with Crippen LogP contribution in [0.2, 0.25) is 0 Å². The molecular weight excluding hydrogens is 394 g/mol. The summed E-state index contributed by atoms with van der Waals surface area (Å²) in [7, 11) is 1.88. The van der Waals surface area contributed by atoms with E-state index in [1.165, 1.54) is 16.1 Å².